The van der Waals surface area contributed by atoms with Crippen LogP contribution in [0.5, 0.6) is 11.5 Å². The van der Waals surface area contributed by atoms with Gasteiger partial charge in [0, 0.05) is 42.0 Å². The SMILES string of the molecule is COc1ccc2c(c1O)[C@]13CCN(CCc4ccccc4)[C@H](C2)[C@]12CC[C@]1(OC)[C@@H]3[C@@]1(C(C)(C)O)C2. The smallest absolute Gasteiger partial charge is 0.161 e. The second-order valence-corrected chi connectivity index (χ2v) is 12.8. The molecule has 1 spiro atoms. The van der Waals surface area contributed by atoms with E-state index in [-0.39, 0.29) is 27.8 Å². The first-order chi connectivity index (χ1) is 17.2. The molecule has 0 aromatic heterocycles. The van der Waals surface area contributed by atoms with Crippen molar-refractivity contribution in [3.8, 4) is 11.5 Å². The number of hydrogen-bond acceptors (Lipinski definition) is 5. The minimum absolute atomic E-state index is 0.0176. The molecule has 8 rings (SSSR count). The number of aromatic hydroxyl groups is 1. The number of hydrogen-bond donors (Lipinski definition) is 2. The summed E-state index contributed by atoms with van der Waals surface area (Å²) >= 11 is 0. The highest BCUT2D eigenvalue weighted by atomic mass is 16.5. The van der Waals surface area contributed by atoms with Gasteiger partial charge in [0.2, 0.25) is 0 Å². The van der Waals surface area contributed by atoms with E-state index in [0.717, 1.165) is 57.2 Å². The average Bonchev–Trinajstić information content (AvgIpc) is 3.41. The number of ether oxygens (including phenoxy) is 2. The molecular weight excluding hydrogens is 450 g/mol. The topological polar surface area (TPSA) is 62.2 Å². The van der Waals surface area contributed by atoms with Gasteiger partial charge < -0.3 is 19.7 Å². The fraction of sp³-hybridized carbons (Fsp3) is 0.613. The Morgan fingerprint density at radius 1 is 1.06 bits per heavy atom. The van der Waals surface area contributed by atoms with Crippen LogP contribution < -0.4 is 4.74 Å². The Morgan fingerprint density at radius 3 is 2.53 bits per heavy atom. The minimum Gasteiger partial charge on any atom is -0.504 e. The Balaban J connectivity index is 1.40. The van der Waals surface area contributed by atoms with Crippen molar-refractivity contribution < 1.29 is 19.7 Å². The van der Waals surface area contributed by atoms with E-state index in [1.54, 1.807) is 7.11 Å². The van der Waals surface area contributed by atoms with E-state index < -0.39 is 5.60 Å². The predicted molar refractivity (Wildman–Crippen MR) is 138 cm³/mol. The molecule has 4 saturated carbocycles. The summed E-state index contributed by atoms with van der Waals surface area (Å²) in [5, 5.41) is 23.4. The number of aliphatic hydroxyl groups is 1. The molecule has 1 heterocycles. The number of piperidine rings is 1. The van der Waals surface area contributed by atoms with Gasteiger partial charge in [-0.2, -0.15) is 0 Å². The molecule has 0 unspecified atom stereocenters. The lowest BCUT2D eigenvalue weighted by Crippen LogP contribution is -2.70. The molecule has 0 amide bonds. The third-order valence-corrected chi connectivity index (χ3v) is 11.7. The number of methoxy groups -OCH3 is 2. The lowest BCUT2D eigenvalue weighted by molar-refractivity contribution is -0.167. The molecule has 5 aliphatic carbocycles. The van der Waals surface area contributed by atoms with Crippen LogP contribution in [0.15, 0.2) is 42.5 Å². The third-order valence-electron chi connectivity index (χ3n) is 11.7. The lowest BCUT2D eigenvalue weighted by Gasteiger charge is -2.67. The number of likely N-dealkylation sites (tertiary alicyclic amines) is 1. The molecular formula is C31H39NO4. The van der Waals surface area contributed by atoms with Gasteiger partial charge >= 0.3 is 0 Å². The van der Waals surface area contributed by atoms with Gasteiger partial charge in [-0.05, 0) is 81.5 Å². The van der Waals surface area contributed by atoms with E-state index >= 15 is 0 Å². The van der Waals surface area contributed by atoms with Gasteiger partial charge in [0.05, 0.1) is 18.3 Å². The number of fused-ring (bicyclic) bond motifs is 2. The standard InChI is InChI=1S/C31H39NO4/c1-27(2,34)30-19-28-13-14-31(30,36-4)26(30)29(28)15-17-32(16-12-20-8-6-5-7-9-20)23(28)18-21-10-11-22(35-3)25(33)24(21)29/h5-11,23,26,33-34H,12-19H2,1-4H3/t23-,26+,28-,29+,30-,31+/m1/s1. The molecule has 192 valence electrons. The van der Waals surface area contributed by atoms with Gasteiger partial charge in [0.25, 0.3) is 0 Å². The second kappa shape index (κ2) is 7.06. The van der Waals surface area contributed by atoms with E-state index in [9.17, 15) is 10.2 Å². The number of phenols is 1. The number of nitrogens with zero attached hydrogens (tertiary/aromatic N) is 1. The first-order valence-electron chi connectivity index (χ1n) is 13.7. The fourth-order valence-corrected chi connectivity index (χ4v) is 10.6. The van der Waals surface area contributed by atoms with Gasteiger partial charge in [-0.1, -0.05) is 36.4 Å². The zero-order valence-corrected chi connectivity index (χ0v) is 22.0. The number of rotatable bonds is 6. The van der Waals surface area contributed by atoms with Gasteiger partial charge in [0.1, 0.15) is 0 Å². The largest absolute Gasteiger partial charge is 0.504 e. The zero-order valence-electron chi connectivity index (χ0n) is 22.0. The lowest BCUT2D eigenvalue weighted by atomic mass is 9.43. The van der Waals surface area contributed by atoms with E-state index in [4.69, 9.17) is 9.47 Å². The Labute approximate surface area is 214 Å². The van der Waals surface area contributed by atoms with Crippen molar-refractivity contribution in [2.75, 3.05) is 27.3 Å². The molecule has 2 aromatic carbocycles. The van der Waals surface area contributed by atoms with Crippen LogP contribution in [-0.2, 0) is 23.0 Å². The molecule has 5 nitrogen and oxygen atoms in total. The highest BCUT2D eigenvalue weighted by Gasteiger charge is 2.97. The first kappa shape index (κ1) is 23.1. The molecule has 1 aliphatic heterocycles. The van der Waals surface area contributed by atoms with Crippen molar-refractivity contribution in [3.05, 3.63) is 59.2 Å². The average molecular weight is 490 g/mol. The second-order valence-electron chi connectivity index (χ2n) is 12.8. The Morgan fingerprint density at radius 2 is 1.83 bits per heavy atom. The van der Waals surface area contributed by atoms with Crippen molar-refractivity contribution >= 4 is 0 Å². The zero-order chi connectivity index (χ0) is 25.1. The van der Waals surface area contributed by atoms with Crippen molar-refractivity contribution in [2.24, 2.45) is 16.7 Å². The number of phenolic OH excluding ortho intramolecular Hbond substituents is 1. The van der Waals surface area contributed by atoms with Crippen LogP contribution in [0.25, 0.3) is 0 Å². The van der Waals surface area contributed by atoms with Crippen LogP contribution in [0.4, 0.5) is 0 Å². The van der Waals surface area contributed by atoms with Crippen LogP contribution in [0.3, 0.4) is 0 Å². The summed E-state index contributed by atoms with van der Waals surface area (Å²) in [6.07, 6.45) is 6.01. The van der Waals surface area contributed by atoms with Crippen LogP contribution in [0.1, 0.15) is 56.2 Å². The quantitative estimate of drug-likeness (QED) is 0.627. The third kappa shape index (κ3) is 2.31. The van der Waals surface area contributed by atoms with Gasteiger partial charge in [-0.15, -0.1) is 0 Å². The molecule has 5 fully saturated rings. The first-order valence-corrected chi connectivity index (χ1v) is 13.7. The predicted octanol–water partition coefficient (Wildman–Crippen LogP) is 4.47. The van der Waals surface area contributed by atoms with Gasteiger partial charge in [-0.25, -0.2) is 0 Å². The number of benzene rings is 2. The molecule has 6 bridgehead atoms. The summed E-state index contributed by atoms with van der Waals surface area (Å²) in [5.41, 5.74) is 2.08. The minimum atomic E-state index is -0.857. The van der Waals surface area contributed by atoms with Crippen LogP contribution in [0.2, 0.25) is 0 Å². The molecule has 1 saturated heterocycles. The molecule has 2 N–H and O–H groups in total. The Bertz CT molecular complexity index is 1220. The Hall–Kier alpha value is -2.08. The Kier molecular flexibility index (Phi) is 4.52. The van der Waals surface area contributed by atoms with Crippen LogP contribution in [-0.4, -0.2) is 59.7 Å². The normalized spacial score (nSPS) is 39.9. The fourth-order valence-electron chi connectivity index (χ4n) is 10.6. The maximum absolute atomic E-state index is 11.8. The van der Waals surface area contributed by atoms with Crippen LogP contribution in [0, 0.1) is 16.7 Å². The summed E-state index contributed by atoms with van der Waals surface area (Å²) < 4.78 is 12.1. The van der Waals surface area contributed by atoms with Crippen LogP contribution >= 0.6 is 0 Å². The maximum atomic E-state index is 11.8. The monoisotopic (exact) mass is 489 g/mol. The summed E-state index contributed by atoms with van der Waals surface area (Å²) in [6, 6.07) is 15.3. The van der Waals surface area contributed by atoms with E-state index in [1.807, 2.05) is 27.0 Å². The molecule has 0 radical (unpaired) electrons. The highest BCUT2D eigenvalue weighted by Crippen LogP contribution is 2.93. The van der Waals surface area contributed by atoms with Crippen molar-refractivity contribution in [1.29, 1.82) is 0 Å². The van der Waals surface area contributed by atoms with E-state index in [1.165, 1.54) is 11.1 Å². The molecule has 6 atom stereocenters. The van der Waals surface area contributed by atoms with E-state index in [2.05, 4.69) is 41.3 Å². The molecule has 36 heavy (non-hydrogen) atoms. The maximum Gasteiger partial charge on any atom is 0.161 e. The van der Waals surface area contributed by atoms with Crippen molar-refractivity contribution in [1.82, 2.24) is 4.90 Å². The van der Waals surface area contributed by atoms with E-state index in [0.29, 0.717) is 17.5 Å². The molecule has 6 aliphatic rings. The summed E-state index contributed by atoms with van der Waals surface area (Å²) in [4.78, 5) is 2.75. The summed E-state index contributed by atoms with van der Waals surface area (Å²) in [5.74, 6) is 1.08. The highest BCUT2D eigenvalue weighted by molar-refractivity contribution is 5.63. The van der Waals surface area contributed by atoms with Gasteiger partial charge in [0.15, 0.2) is 11.5 Å². The van der Waals surface area contributed by atoms with Gasteiger partial charge in [-0.3, -0.25) is 4.90 Å². The molecule has 5 heteroatoms. The molecule has 2 aromatic rings. The summed E-state index contributed by atoms with van der Waals surface area (Å²) in [6.45, 7) is 6.04. The summed E-state index contributed by atoms with van der Waals surface area (Å²) in [7, 11) is 3.49. The van der Waals surface area contributed by atoms with Crippen molar-refractivity contribution in [2.45, 2.75) is 75.0 Å². The van der Waals surface area contributed by atoms with Crippen molar-refractivity contribution in [3.63, 3.8) is 0 Å².